The van der Waals surface area contributed by atoms with Gasteiger partial charge in [-0.25, -0.2) is 4.39 Å². The SMILES string of the molecule is Cc1cccc(CSc2cccc(F)c2CN)c1. The molecule has 0 atom stereocenters. The Balaban J connectivity index is 2.13. The second kappa shape index (κ2) is 6.03. The summed E-state index contributed by atoms with van der Waals surface area (Å²) in [4.78, 5) is 0.930. The van der Waals surface area contributed by atoms with Crippen molar-refractivity contribution in [1.82, 2.24) is 0 Å². The Hall–Kier alpha value is -1.32. The maximum absolute atomic E-state index is 13.5. The fraction of sp³-hybridized carbons (Fsp3) is 0.200. The van der Waals surface area contributed by atoms with Gasteiger partial charge in [0.1, 0.15) is 5.82 Å². The van der Waals surface area contributed by atoms with E-state index in [0.717, 1.165) is 10.6 Å². The highest BCUT2D eigenvalue weighted by molar-refractivity contribution is 7.98. The van der Waals surface area contributed by atoms with E-state index in [1.165, 1.54) is 17.2 Å². The molecule has 0 amide bonds. The molecule has 0 radical (unpaired) electrons. The molecule has 0 saturated carbocycles. The fourth-order valence-corrected chi connectivity index (χ4v) is 2.87. The lowest BCUT2D eigenvalue weighted by Gasteiger charge is -2.08. The highest BCUT2D eigenvalue weighted by atomic mass is 32.2. The summed E-state index contributed by atoms with van der Waals surface area (Å²) in [5, 5.41) is 0. The van der Waals surface area contributed by atoms with Crippen LogP contribution in [0.3, 0.4) is 0 Å². The Kier molecular flexibility index (Phi) is 4.39. The minimum Gasteiger partial charge on any atom is -0.326 e. The van der Waals surface area contributed by atoms with Crippen LogP contribution in [-0.2, 0) is 12.3 Å². The van der Waals surface area contributed by atoms with Gasteiger partial charge in [-0.05, 0) is 24.6 Å². The van der Waals surface area contributed by atoms with Gasteiger partial charge in [-0.15, -0.1) is 11.8 Å². The van der Waals surface area contributed by atoms with Gasteiger partial charge >= 0.3 is 0 Å². The molecule has 2 aromatic rings. The Morgan fingerprint density at radius 2 is 1.94 bits per heavy atom. The number of hydrogen-bond acceptors (Lipinski definition) is 2. The minimum absolute atomic E-state index is 0.216. The molecule has 0 bridgehead atoms. The van der Waals surface area contributed by atoms with Gasteiger partial charge in [0.25, 0.3) is 0 Å². The lowest BCUT2D eigenvalue weighted by atomic mass is 10.2. The van der Waals surface area contributed by atoms with Crippen LogP contribution in [-0.4, -0.2) is 0 Å². The Morgan fingerprint density at radius 1 is 1.17 bits per heavy atom. The van der Waals surface area contributed by atoms with Gasteiger partial charge in [0.05, 0.1) is 0 Å². The summed E-state index contributed by atoms with van der Waals surface area (Å²) < 4.78 is 13.5. The fourth-order valence-electron chi connectivity index (χ4n) is 1.84. The highest BCUT2D eigenvalue weighted by Gasteiger charge is 2.07. The number of benzene rings is 2. The van der Waals surface area contributed by atoms with Gasteiger partial charge in [0, 0.05) is 22.8 Å². The van der Waals surface area contributed by atoms with Crippen LogP contribution in [0.25, 0.3) is 0 Å². The zero-order chi connectivity index (χ0) is 13.0. The Labute approximate surface area is 111 Å². The largest absolute Gasteiger partial charge is 0.326 e. The summed E-state index contributed by atoms with van der Waals surface area (Å²) in [7, 11) is 0. The van der Waals surface area contributed by atoms with Crippen LogP contribution in [0.15, 0.2) is 47.4 Å². The van der Waals surface area contributed by atoms with E-state index < -0.39 is 0 Å². The van der Waals surface area contributed by atoms with E-state index in [0.29, 0.717) is 5.56 Å². The average Bonchev–Trinajstić information content (AvgIpc) is 2.36. The maximum Gasteiger partial charge on any atom is 0.128 e. The van der Waals surface area contributed by atoms with Crippen LogP contribution in [0, 0.1) is 12.7 Å². The average molecular weight is 261 g/mol. The first-order valence-corrected chi connectivity index (χ1v) is 6.85. The van der Waals surface area contributed by atoms with E-state index in [1.54, 1.807) is 17.8 Å². The van der Waals surface area contributed by atoms with Crippen LogP contribution in [0.5, 0.6) is 0 Å². The summed E-state index contributed by atoms with van der Waals surface area (Å²) >= 11 is 1.63. The molecule has 0 aliphatic carbocycles. The molecule has 18 heavy (non-hydrogen) atoms. The molecule has 2 rings (SSSR count). The molecule has 0 aliphatic heterocycles. The molecule has 0 heterocycles. The standard InChI is InChI=1S/C15H16FNS/c1-11-4-2-5-12(8-11)10-18-15-7-3-6-14(16)13(15)9-17/h2-8H,9-10,17H2,1H3. The van der Waals surface area contributed by atoms with Gasteiger partial charge in [-0.3, -0.25) is 0 Å². The van der Waals surface area contributed by atoms with Crippen LogP contribution < -0.4 is 5.73 Å². The summed E-state index contributed by atoms with van der Waals surface area (Å²) in [6.45, 7) is 2.31. The van der Waals surface area contributed by atoms with Crippen molar-refractivity contribution in [1.29, 1.82) is 0 Å². The van der Waals surface area contributed by atoms with Crippen molar-refractivity contribution in [3.8, 4) is 0 Å². The van der Waals surface area contributed by atoms with E-state index in [9.17, 15) is 4.39 Å². The lowest BCUT2D eigenvalue weighted by molar-refractivity contribution is 0.604. The molecular weight excluding hydrogens is 245 g/mol. The number of halogens is 1. The van der Waals surface area contributed by atoms with E-state index in [-0.39, 0.29) is 12.4 Å². The summed E-state index contributed by atoms with van der Waals surface area (Å²) in [6.07, 6.45) is 0. The van der Waals surface area contributed by atoms with Crippen LogP contribution in [0.1, 0.15) is 16.7 Å². The number of nitrogens with two attached hydrogens (primary N) is 1. The third kappa shape index (κ3) is 3.12. The lowest BCUT2D eigenvalue weighted by Crippen LogP contribution is -2.01. The zero-order valence-electron chi connectivity index (χ0n) is 10.3. The molecule has 0 aromatic heterocycles. The topological polar surface area (TPSA) is 26.0 Å². The third-order valence-corrected chi connectivity index (χ3v) is 3.93. The summed E-state index contributed by atoms with van der Waals surface area (Å²) in [5.41, 5.74) is 8.68. The monoisotopic (exact) mass is 261 g/mol. The molecule has 0 aliphatic rings. The molecule has 0 spiro atoms. The zero-order valence-corrected chi connectivity index (χ0v) is 11.1. The third-order valence-electron chi connectivity index (χ3n) is 2.76. The second-order valence-corrected chi connectivity index (χ2v) is 5.22. The number of aryl methyl sites for hydroxylation is 1. The number of hydrogen-bond donors (Lipinski definition) is 1. The van der Waals surface area contributed by atoms with Crippen molar-refractivity contribution in [2.45, 2.75) is 24.1 Å². The normalized spacial score (nSPS) is 10.6. The molecular formula is C15H16FNS. The van der Waals surface area contributed by atoms with E-state index in [1.807, 2.05) is 12.1 Å². The van der Waals surface area contributed by atoms with Crippen LogP contribution >= 0.6 is 11.8 Å². The van der Waals surface area contributed by atoms with E-state index in [2.05, 4.69) is 25.1 Å². The first-order chi connectivity index (χ1) is 8.70. The van der Waals surface area contributed by atoms with Crippen molar-refractivity contribution in [2.24, 2.45) is 5.73 Å². The summed E-state index contributed by atoms with van der Waals surface area (Å²) in [5.74, 6) is 0.616. The van der Waals surface area contributed by atoms with Gasteiger partial charge in [-0.1, -0.05) is 35.9 Å². The first-order valence-electron chi connectivity index (χ1n) is 5.86. The van der Waals surface area contributed by atoms with E-state index >= 15 is 0 Å². The van der Waals surface area contributed by atoms with Crippen molar-refractivity contribution in [3.63, 3.8) is 0 Å². The van der Waals surface area contributed by atoms with Crippen molar-refractivity contribution < 1.29 is 4.39 Å². The predicted octanol–water partition coefficient (Wildman–Crippen LogP) is 3.89. The number of thioether (sulfide) groups is 1. The van der Waals surface area contributed by atoms with Crippen molar-refractivity contribution in [3.05, 3.63) is 65.0 Å². The minimum atomic E-state index is -0.216. The molecule has 0 saturated heterocycles. The van der Waals surface area contributed by atoms with Crippen molar-refractivity contribution >= 4 is 11.8 Å². The molecule has 3 heteroatoms. The van der Waals surface area contributed by atoms with Crippen LogP contribution in [0.2, 0.25) is 0 Å². The van der Waals surface area contributed by atoms with Gasteiger partial charge in [-0.2, -0.15) is 0 Å². The van der Waals surface area contributed by atoms with Crippen LogP contribution in [0.4, 0.5) is 4.39 Å². The second-order valence-electron chi connectivity index (χ2n) is 4.20. The Bertz CT molecular complexity index is 540. The molecule has 2 N–H and O–H groups in total. The van der Waals surface area contributed by atoms with Crippen molar-refractivity contribution in [2.75, 3.05) is 0 Å². The van der Waals surface area contributed by atoms with Gasteiger partial charge in [0.15, 0.2) is 0 Å². The molecule has 1 nitrogen and oxygen atoms in total. The van der Waals surface area contributed by atoms with Gasteiger partial charge < -0.3 is 5.73 Å². The van der Waals surface area contributed by atoms with Gasteiger partial charge in [0.2, 0.25) is 0 Å². The number of rotatable bonds is 4. The summed E-state index contributed by atoms with van der Waals surface area (Å²) in [6, 6.07) is 13.5. The highest BCUT2D eigenvalue weighted by Crippen LogP contribution is 2.27. The quantitative estimate of drug-likeness (QED) is 0.845. The molecule has 94 valence electrons. The smallest absolute Gasteiger partial charge is 0.128 e. The first kappa shape index (κ1) is 13.1. The molecule has 0 fully saturated rings. The van der Waals surface area contributed by atoms with E-state index in [4.69, 9.17) is 5.73 Å². The maximum atomic E-state index is 13.5. The predicted molar refractivity (Wildman–Crippen MR) is 75.0 cm³/mol. The molecule has 0 unspecified atom stereocenters. The Morgan fingerprint density at radius 3 is 2.67 bits per heavy atom. The molecule has 2 aromatic carbocycles.